The molecule has 2 N–H and O–H groups in total. The number of nitrogens with zero attached hydrogens (tertiary/aromatic N) is 1. The first-order chi connectivity index (χ1) is 9.33. The van der Waals surface area contributed by atoms with Gasteiger partial charge in [-0.3, -0.25) is 0 Å². The van der Waals surface area contributed by atoms with Crippen molar-refractivity contribution in [3.63, 3.8) is 0 Å². The average Bonchev–Trinajstić information content (AvgIpc) is 3.05. The molecular formula is C12H18N2O4S2. The van der Waals surface area contributed by atoms with E-state index in [0.29, 0.717) is 13.1 Å². The molecule has 1 aromatic rings. The molecule has 0 saturated heterocycles. The van der Waals surface area contributed by atoms with Crippen molar-refractivity contribution in [2.75, 3.05) is 12.8 Å². The summed E-state index contributed by atoms with van der Waals surface area (Å²) in [4.78, 5) is 11.1. The van der Waals surface area contributed by atoms with Crippen molar-refractivity contribution in [1.82, 2.24) is 9.29 Å². The fourth-order valence-electron chi connectivity index (χ4n) is 1.97. The summed E-state index contributed by atoms with van der Waals surface area (Å²) in [7, 11) is -3.66. The predicted octanol–water partition coefficient (Wildman–Crippen LogP) is 1.38. The minimum Gasteiger partial charge on any atom is -0.477 e. The van der Waals surface area contributed by atoms with Gasteiger partial charge in [0.25, 0.3) is 0 Å². The highest BCUT2D eigenvalue weighted by atomic mass is 32.2. The van der Waals surface area contributed by atoms with Gasteiger partial charge >= 0.3 is 5.97 Å². The van der Waals surface area contributed by atoms with Crippen LogP contribution < -0.4 is 4.72 Å². The second-order valence-corrected chi connectivity index (χ2v) is 7.91. The Labute approximate surface area is 122 Å². The number of aromatic carboxylic acids is 1. The van der Waals surface area contributed by atoms with E-state index in [0.717, 1.165) is 12.8 Å². The van der Waals surface area contributed by atoms with E-state index in [1.54, 1.807) is 18.7 Å². The van der Waals surface area contributed by atoms with E-state index < -0.39 is 16.0 Å². The van der Waals surface area contributed by atoms with Crippen LogP contribution in [0.2, 0.25) is 0 Å². The lowest BCUT2D eigenvalue weighted by Gasteiger charge is -2.12. The molecule has 0 unspecified atom stereocenters. The number of hydrogen-bond acceptors (Lipinski definition) is 4. The van der Waals surface area contributed by atoms with E-state index in [2.05, 4.69) is 4.72 Å². The summed E-state index contributed by atoms with van der Waals surface area (Å²) < 4.78 is 28.4. The van der Waals surface area contributed by atoms with Crippen molar-refractivity contribution in [2.45, 2.75) is 36.0 Å². The van der Waals surface area contributed by atoms with Crippen LogP contribution in [0.4, 0.5) is 0 Å². The van der Waals surface area contributed by atoms with E-state index >= 15 is 0 Å². The van der Waals surface area contributed by atoms with Crippen LogP contribution in [-0.4, -0.2) is 41.6 Å². The highest BCUT2D eigenvalue weighted by Crippen LogP contribution is 2.46. The third-order valence-corrected chi connectivity index (χ3v) is 6.35. The van der Waals surface area contributed by atoms with Crippen molar-refractivity contribution >= 4 is 27.8 Å². The first kappa shape index (κ1) is 15.4. The number of sulfonamides is 1. The van der Waals surface area contributed by atoms with Gasteiger partial charge in [0, 0.05) is 24.0 Å². The summed E-state index contributed by atoms with van der Waals surface area (Å²) in [6, 6.07) is 1.20. The number of carboxylic acid groups (broad SMARTS) is 1. The zero-order valence-corrected chi connectivity index (χ0v) is 13.1. The average molecular weight is 318 g/mol. The van der Waals surface area contributed by atoms with Gasteiger partial charge in [0.15, 0.2) is 0 Å². The monoisotopic (exact) mass is 318 g/mol. The Morgan fingerprint density at radius 1 is 1.55 bits per heavy atom. The Bertz CT molecular complexity index is 617. The first-order valence-corrected chi connectivity index (χ1v) is 9.02. The van der Waals surface area contributed by atoms with E-state index in [-0.39, 0.29) is 15.3 Å². The van der Waals surface area contributed by atoms with Crippen LogP contribution in [0.5, 0.6) is 0 Å². The maximum atomic E-state index is 12.2. The molecule has 20 heavy (non-hydrogen) atoms. The number of aryl methyl sites for hydroxylation is 1. The third-order valence-electron chi connectivity index (χ3n) is 3.57. The van der Waals surface area contributed by atoms with Gasteiger partial charge in [-0.25, -0.2) is 17.9 Å². The minimum atomic E-state index is -3.66. The smallest absolute Gasteiger partial charge is 0.352 e. The summed E-state index contributed by atoms with van der Waals surface area (Å²) in [5.74, 6) is -1.13. The molecule has 0 aromatic carbocycles. The van der Waals surface area contributed by atoms with Crippen molar-refractivity contribution in [3.05, 3.63) is 18.0 Å². The minimum absolute atomic E-state index is 0.00801. The SMILES string of the molecule is CCn1cc(S(=O)(=O)NCC2(SC)CC2)cc1C(=O)O. The van der Waals surface area contributed by atoms with Crippen LogP contribution in [-0.2, 0) is 16.6 Å². The Morgan fingerprint density at radius 3 is 2.60 bits per heavy atom. The Hall–Kier alpha value is -0.990. The van der Waals surface area contributed by atoms with Gasteiger partial charge in [0.05, 0.1) is 0 Å². The van der Waals surface area contributed by atoms with Crippen molar-refractivity contribution in [3.8, 4) is 0 Å². The molecule has 6 nitrogen and oxygen atoms in total. The molecule has 2 rings (SSSR count). The molecule has 0 aliphatic heterocycles. The Balaban J connectivity index is 2.19. The maximum absolute atomic E-state index is 12.2. The van der Waals surface area contributed by atoms with Crippen LogP contribution in [0.1, 0.15) is 30.3 Å². The highest BCUT2D eigenvalue weighted by Gasteiger charge is 2.42. The van der Waals surface area contributed by atoms with Gasteiger partial charge in [0.1, 0.15) is 10.6 Å². The molecule has 112 valence electrons. The molecule has 1 aliphatic carbocycles. The van der Waals surface area contributed by atoms with E-state index in [4.69, 9.17) is 5.11 Å². The van der Waals surface area contributed by atoms with E-state index in [1.807, 2.05) is 6.26 Å². The molecule has 1 aliphatic rings. The molecule has 1 heterocycles. The molecule has 0 radical (unpaired) electrons. The molecular weight excluding hydrogens is 300 g/mol. The van der Waals surface area contributed by atoms with Crippen LogP contribution in [0.3, 0.4) is 0 Å². The van der Waals surface area contributed by atoms with Gasteiger partial charge in [-0.2, -0.15) is 11.8 Å². The highest BCUT2D eigenvalue weighted by molar-refractivity contribution is 8.00. The van der Waals surface area contributed by atoms with E-state index in [1.165, 1.54) is 16.8 Å². The zero-order chi connectivity index (χ0) is 15.0. The lowest BCUT2D eigenvalue weighted by Crippen LogP contribution is -2.31. The number of aromatic nitrogens is 1. The standard InChI is InChI=1S/C12H18N2O4S2/c1-3-14-7-9(6-10(14)11(15)16)20(17,18)13-8-12(19-2)4-5-12/h6-7,13H,3-5,8H2,1-2H3,(H,15,16). The molecule has 0 amide bonds. The topological polar surface area (TPSA) is 88.4 Å². The lowest BCUT2D eigenvalue weighted by atomic mass is 10.4. The number of hydrogen-bond donors (Lipinski definition) is 2. The van der Waals surface area contributed by atoms with Crippen molar-refractivity contribution in [2.24, 2.45) is 0 Å². The van der Waals surface area contributed by atoms with Gasteiger partial charge < -0.3 is 9.67 Å². The molecule has 0 atom stereocenters. The third kappa shape index (κ3) is 3.02. The maximum Gasteiger partial charge on any atom is 0.352 e. The summed E-state index contributed by atoms with van der Waals surface area (Å²) in [6.07, 6.45) is 5.35. The molecule has 0 bridgehead atoms. The molecule has 8 heteroatoms. The second kappa shape index (κ2) is 5.42. The summed E-state index contributed by atoms with van der Waals surface area (Å²) in [6.45, 7) is 2.56. The van der Waals surface area contributed by atoms with Crippen LogP contribution >= 0.6 is 11.8 Å². The molecule has 1 fully saturated rings. The van der Waals surface area contributed by atoms with Crippen LogP contribution in [0.25, 0.3) is 0 Å². The molecule has 1 saturated carbocycles. The van der Waals surface area contributed by atoms with Gasteiger partial charge in [-0.05, 0) is 32.1 Å². The Morgan fingerprint density at radius 2 is 2.20 bits per heavy atom. The van der Waals surface area contributed by atoms with Gasteiger partial charge in [0.2, 0.25) is 10.0 Å². The zero-order valence-electron chi connectivity index (χ0n) is 11.4. The van der Waals surface area contributed by atoms with Crippen LogP contribution in [0.15, 0.2) is 17.2 Å². The van der Waals surface area contributed by atoms with Crippen molar-refractivity contribution in [1.29, 1.82) is 0 Å². The summed E-state index contributed by atoms with van der Waals surface area (Å²) in [5, 5.41) is 9.04. The Kier molecular flexibility index (Phi) is 4.17. The largest absolute Gasteiger partial charge is 0.477 e. The second-order valence-electron chi connectivity index (χ2n) is 4.86. The number of carbonyl (C=O) groups is 1. The van der Waals surface area contributed by atoms with E-state index in [9.17, 15) is 13.2 Å². The van der Waals surface area contributed by atoms with Crippen LogP contribution in [0, 0.1) is 0 Å². The summed E-state index contributed by atoms with van der Waals surface area (Å²) >= 11 is 1.67. The predicted molar refractivity (Wildman–Crippen MR) is 77.7 cm³/mol. The molecule has 0 spiro atoms. The first-order valence-electron chi connectivity index (χ1n) is 6.32. The van der Waals surface area contributed by atoms with Gasteiger partial charge in [-0.15, -0.1) is 0 Å². The number of thioether (sulfide) groups is 1. The fourth-order valence-corrected chi connectivity index (χ4v) is 3.96. The summed E-state index contributed by atoms with van der Waals surface area (Å²) in [5.41, 5.74) is -0.0149. The fraction of sp³-hybridized carbons (Fsp3) is 0.583. The van der Waals surface area contributed by atoms with Gasteiger partial charge in [-0.1, -0.05) is 0 Å². The quantitative estimate of drug-likeness (QED) is 0.793. The molecule has 1 aromatic heterocycles. The normalized spacial score (nSPS) is 17.1. The number of nitrogens with one attached hydrogen (secondary N) is 1. The number of carboxylic acids is 1. The lowest BCUT2D eigenvalue weighted by molar-refractivity contribution is 0.0685. The van der Waals surface area contributed by atoms with Crippen molar-refractivity contribution < 1.29 is 18.3 Å². The number of rotatable bonds is 7.